The quantitative estimate of drug-likeness (QED) is 0.844. The van der Waals surface area contributed by atoms with Crippen LogP contribution in [-0.4, -0.2) is 18.3 Å². The number of hydrogen-bond acceptors (Lipinski definition) is 4. The lowest BCUT2D eigenvalue weighted by Gasteiger charge is -2.11. The van der Waals surface area contributed by atoms with Gasteiger partial charge in [-0.15, -0.1) is 11.8 Å². The molecule has 0 saturated carbocycles. The van der Waals surface area contributed by atoms with Crippen LogP contribution in [-0.2, 0) is 6.54 Å². The summed E-state index contributed by atoms with van der Waals surface area (Å²) in [5.41, 5.74) is 2.33. The van der Waals surface area contributed by atoms with Gasteiger partial charge in [-0.2, -0.15) is 0 Å². The summed E-state index contributed by atoms with van der Waals surface area (Å²) in [7, 11) is 1.92. The van der Waals surface area contributed by atoms with Gasteiger partial charge >= 0.3 is 0 Å². The number of nitrogens with one attached hydrogen (secondary N) is 1. The van der Waals surface area contributed by atoms with E-state index in [-0.39, 0.29) is 0 Å². The molecule has 0 aliphatic heterocycles. The van der Waals surface area contributed by atoms with E-state index >= 15 is 0 Å². The third-order valence-electron chi connectivity index (χ3n) is 2.83. The molecule has 1 aromatic carbocycles. The number of aryl methyl sites for hydroxylation is 1. The molecule has 0 bridgehead atoms. The molecule has 0 aliphatic carbocycles. The first-order chi connectivity index (χ1) is 9.24. The third kappa shape index (κ3) is 3.49. The number of hydrogen-bond donors (Lipinski definition) is 1. The lowest BCUT2D eigenvalue weighted by Crippen LogP contribution is -2.06. The summed E-state index contributed by atoms with van der Waals surface area (Å²) in [4.78, 5) is 5.40. The standard InChI is InChI=1S/C15H18N2OS/c1-11-8-13(4-5-15(11)19-3)18-14-10-17-7-6-12(14)9-16-2/h4-8,10,16H,9H2,1-3H3. The van der Waals surface area contributed by atoms with Gasteiger partial charge in [0.2, 0.25) is 0 Å². The van der Waals surface area contributed by atoms with Gasteiger partial charge in [0.25, 0.3) is 0 Å². The van der Waals surface area contributed by atoms with Crippen molar-refractivity contribution in [1.29, 1.82) is 0 Å². The fourth-order valence-corrected chi connectivity index (χ4v) is 2.46. The molecule has 1 aromatic heterocycles. The molecule has 0 fully saturated rings. The minimum atomic E-state index is 0.764. The van der Waals surface area contributed by atoms with Gasteiger partial charge in [-0.25, -0.2) is 0 Å². The van der Waals surface area contributed by atoms with Gasteiger partial charge in [0.1, 0.15) is 11.5 Å². The van der Waals surface area contributed by atoms with Crippen LogP contribution in [0.15, 0.2) is 41.6 Å². The van der Waals surface area contributed by atoms with Crippen LogP contribution in [0.3, 0.4) is 0 Å². The van der Waals surface area contributed by atoms with Crippen LogP contribution in [0.1, 0.15) is 11.1 Å². The van der Waals surface area contributed by atoms with Crippen molar-refractivity contribution in [2.75, 3.05) is 13.3 Å². The summed E-state index contributed by atoms with van der Waals surface area (Å²) >= 11 is 1.74. The summed E-state index contributed by atoms with van der Waals surface area (Å²) in [5, 5.41) is 3.13. The molecular weight excluding hydrogens is 256 g/mol. The van der Waals surface area contributed by atoms with Gasteiger partial charge in [-0.3, -0.25) is 4.98 Å². The number of benzene rings is 1. The van der Waals surface area contributed by atoms with Crippen molar-refractivity contribution in [2.45, 2.75) is 18.4 Å². The lowest BCUT2D eigenvalue weighted by atomic mass is 10.2. The van der Waals surface area contributed by atoms with Gasteiger partial charge in [-0.1, -0.05) is 0 Å². The molecule has 1 heterocycles. The summed E-state index contributed by atoms with van der Waals surface area (Å²) < 4.78 is 5.93. The molecule has 0 saturated heterocycles. The van der Waals surface area contributed by atoms with Gasteiger partial charge < -0.3 is 10.1 Å². The predicted molar refractivity (Wildman–Crippen MR) is 80.0 cm³/mol. The summed E-state index contributed by atoms with van der Waals surface area (Å²) in [6, 6.07) is 8.11. The highest BCUT2D eigenvalue weighted by atomic mass is 32.2. The topological polar surface area (TPSA) is 34.2 Å². The molecule has 100 valence electrons. The SMILES string of the molecule is CNCc1ccncc1Oc1ccc(SC)c(C)c1. The van der Waals surface area contributed by atoms with Crippen LogP contribution in [0.4, 0.5) is 0 Å². The molecule has 0 atom stereocenters. The fourth-order valence-electron chi connectivity index (χ4n) is 1.88. The average Bonchev–Trinajstić information content (AvgIpc) is 2.41. The molecule has 1 N–H and O–H groups in total. The second-order valence-corrected chi connectivity index (χ2v) is 5.10. The van der Waals surface area contributed by atoms with E-state index in [2.05, 4.69) is 35.6 Å². The minimum Gasteiger partial charge on any atom is -0.455 e. The van der Waals surface area contributed by atoms with E-state index in [1.54, 1.807) is 24.2 Å². The first kappa shape index (κ1) is 13.9. The highest BCUT2D eigenvalue weighted by Crippen LogP contribution is 2.28. The number of nitrogens with zero attached hydrogens (tertiary/aromatic N) is 1. The first-order valence-electron chi connectivity index (χ1n) is 6.14. The molecule has 2 rings (SSSR count). The Hall–Kier alpha value is -1.52. The van der Waals surface area contributed by atoms with Crippen LogP contribution >= 0.6 is 11.8 Å². The molecule has 4 heteroatoms. The van der Waals surface area contributed by atoms with Gasteiger partial charge in [0.05, 0.1) is 6.20 Å². The van der Waals surface area contributed by atoms with E-state index in [4.69, 9.17) is 4.74 Å². The molecular formula is C15H18N2OS. The Labute approximate surface area is 118 Å². The maximum absolute atomic E-state index is 5.93. The normalized spacial score (nSPS) is 10.5. The molecule has 0 unspecified atom stereocenters. The number of rotatable bonds is 5. The van der Waals surface area contributed by atoms with Crippen molar-refractivity contribution in [3.63, 3.8) is 0 Å². The Morgan fingerprint density at radius 2 is 2.16 bits per heavy atom. The van der Waals surface area contributed by atoms with E-state index in [9.17, 15) is 0 Å². The number of thioether (sulfide) groups is 1. The molecule has 0 radical (unpaired) electrons. The average molecular weight is 274 g/mol. The zero-order valence-corrected chi connectivity index (χ0v) is 12.3. The summed E-state index contributed by atoms with van der Waals surface area (Å²) in [6.07, 6.45) is 5.61. The Balaban J connectivity index is 2.23. The highest BCUT2D eigenvalue weighted by molar-refractivity contribution is 7.98. The first-order valence-corrected chi connectivity index (χ1v) is 7.37. The third-order valence-corrected chi connectivity index (χ3v) is 3.73. The van der Waals surface area contributed by atoms with Crippen molar-refractivity contribution < 1.29 is 4.74 Å². The van der Waals surface area contributed by atoms with Crippen LogP contribution < -0.4 is 10.1 Å². The second-order valence-electron chi connectivity index (χ2n) is 4.25. The van der Waals surface area contributed by atoms with Gasteiger partial charge in [-0.05, 0) is 50.1 Å². The Kier molecular flexibility index (Phi) is 4.82. The van der Waals surface area contributed by atoms with Crippen molar-refractivity contribution >= 4 is 11.8 Å². The molecule has 2 aromatic rings. The lowest BCUT2D eigenvalue weighted by molar-refractivity contribution is 0.471. The Morgan fingerprint density at radius 1 is 1.32 bits per heavy atom. The Morgan fingerprint density at radius 3 is 2.84 bits per heavy atom. The molecule has 0 aliphatic rings. The van der Waals surface area contributed by atoms with Crippen LogP contribution in [0, 0.1) is 6.92 Å². The summed E-state index contributed by atoms with van der Waals surface area (Å²) in [6.45, 7) is 2.86. The Bertz CT molecular complexity index is 558. The predicted octanol–water partition coefficient (Wildman–Crippen LogP) is 3.62. The summed E-state index contributed by atoms with van der Waals surface area (Å²) in [5.74, 6) is 1.65. The van der Waals surface area contributed by atoms with Crippen molar-refractivity contribution in [3.05, 3.63) is 47.8 Å². The number of pyridine rings is 1. The number of aromatic nitrogens is 1. The minimum absolute atomic E-state index is 0.764. The molecule has 0 spiro atoms. The number of ether oxygens (including phenoxy) is 1. The van der Waals surface area contributed by atoms with Crippen molar-refractivity contribution in [1.82, 2.24) is 10.3 Å². The molecule has 0 amide bonds. The monoisotopic (exact) mass is 274 g/mol. The molecule has 3 nitrogen and oxygen atoms in total. The molecule has 19 heavy (non-hydrogen) atoms. The smallest absolute Gasteiger partial charge is 0.150 e. The fraction of sp³-hybridized carbons (Fsp3) is 0.267. The van der Waals surface area contributed by atoms with Gasteiger partial charge in [0, 0.05) is 23.2 Å². The second kappa shape index (κ2) is 6.59. The van der Waals surface area contributed by atoms with E-state index in [0.29, 0.717) is 0 Å². The maximum atomic E-state index is 5.93. The van der Waals surface area contributed by atoms with Crippen LogP contribution in [0.5, 0.6) is 11.5 Å². The van der Waals surface area contributed by atoms with E-state index in [1.807, 2.05) is 19.2 Å². The van der Waals surface area contributed by atoms with Crippen molar-refractivity contribution in [2.24, 2.45) is 0 Å². The van der Waals surface area contributed by atoms with Crippen LogP contribution in [0.25, 0.3) is 0 Å². The van der Waals surface area contributed by atoms with E-state index in [0.717, 1.165) is 23.6 Å². The zero-order valence-electron chi connectivity index (χ0n) is 11.4. The van der Waals surface area contributed by atoms with E-state index < -0.39 is 0 Å². The largest absolute Gasteiger partial charge is 0.455 e. The van der Waals surface area contributed by atoms with Crippen molar-refractivity contribution in [3.8, 4) is 11.5 Å². The zero-order chi connectivity index (χ0) is 13.7. The maximum Gasteiger partial charge on any atom is 0.150 e. The highest BCUT2D eigenvalue weighted by Gasteiger charge is 2.05. The van der Waals surface area contributed by atoms with E-state index in [1.165, 1.54) is 10.5 Å². The van der Waals surface area contributed by atoms with Gasteiger partial charge in [0.15, 0.2) is 0 Å². The van der Waals surface area contributed by atoms with Crippen LogP contribution in [0.2, 0.25) is 0 Å².